The fraction of sp³-hybridized carbons (Fsp3) is 0.909. The molecule has 0 aromatic rings. The van der Waals surface area contributed by atoms with Crippen LogP contribution in [0.25, 0.3) is 0 Å². The fourth-order valence-electron chi connectivity index (χ4n) is 2.17. The summed E-state index contributed by atoms with van der Waals surface area (Å²) in [6.45, 7) is 3.69. The molecule has 4 N–H and O–H groups in total. The van der Waals surface area contributed by atoms with Gasteiger partial charge in [0.2, 0.25) is 0 Å². The van der Waals surface area contributed by atoms with Crippen molar-refractivity contribution in [2.24, 2.45) is 17.4 Å². The summed E-state index contributed by atoms with van der Waals surface area (Å²) in [5.41, 5.74) is 11.0. The quantitative estimate of drug-likeness (QED) is 0.741. The zero-order valence-electron chi connectivity index (χ0n) is 9.61. The van der Waals surface area contributed by atoms with Crippen LogP contribution in [0, 0.1) is 5.92 Å². The van der Waals surface area contributed by atoms with Crippen LogP contribution in [0.15, 0.2) is 0 Å². The van der Waals surface area contributed by atoms with Crippen LogP contribution in [0.3, 0.4) is 0 Å². The van der Waals surface area contributed by atoms with E-state index in [1.165, 1.54) is 12.8 Å². The molecule has 1 saturated heterocycles. The Morgan fingerprint density at radius 2 is 2.20 bits per heavy atom. The zero-order chi connectivity index (χ0) is 11.3. The van der Waals surface area contributed by atoms with Crippen LogP contribution in [0.1, 0.15) is 39.0 Å². The van der Waals surface area contributed by atoms with E-state index in [4.69, 9.17) is 11.5 Å². The second kappa shape index (κ2) is 5.95. The van der Waals surface area contributed by atoms with Gasteiger partial charge in [0, 0.05) is 19.1 Å². The Kier molecular flexibility index (Phi) is 4.88. The molecule has 0 aliphatic carbocycles. The van der Waals surface area contributed by atoms with Gasteiger partial charge in [-0.2, -0.15) is 0 Å². The molecule has 1 aliphatic heterocycles. The Bertz CT molecular complexity index is 206. The van der Waals surface area contributed by atoms with E-state index < -0.39 is 0 Å². The highest BCUT2D eigenvalue weighted by molar-refractivity contribution is 5.71. The largest absolute Gasteiger partial charge is 0.351 e. The molecule has 4 nitrogen and oxygen atoms in total. The second-order valence-corrected chi connectivity index (χ2v) is 4.68. The van der Waals surface area contributed by atoms with Crippen LogP contribution in [0.4, 0.5) is 4.79 Å². The molecule has 15 heavy (non-hydrogen) atoms. The molecule has 4 heteroatoms. The first-order chi connectivity index (χ1) is 7.09. The summed E-state index contributed by atoms with van der Waals surface area (Å²) in [5.74, 6) is 0.723. The van der Waals surface area contributed by atoms with Crippen molar-refractivity contribution in [3.05, 3.63) is 0 Å². The van der Waals surface area contributed by atoms with Crippen molar-refractivity contribution in [2.45, 2.75) is 45.1 Å². The Morgan fingerprint density at radius 3 is 2.80 bits per heavy atom. The van der Waals surface area contributed by atoms with E-state index in [9.17, 15) is 4.79 Å². The van der Waals surface area contributed by atoms with Gasteiger partial charge in [0.25, 0.3) is 0 Å². The maximum atomic E-state index is 11.0. The first-order valence-corrected chi connectivity index (χ1v) is 5.89. The topological polar surface area (TPSA) is 72.3 Å². The number of carbonyl (C=O) groups excluding carboxylic acids is 1. The van der Waals surface area contributed by atoms with Gasteiger partial charge in [0.1, 0.15) is 0 Å². The van der Waals surface area contributed by atoms with Crippen molar-refractivity contribution >= 4 is 6.03 Å². The van der Waals surface area contributed by atoms with Gasteiger partial charge in [-0.05, 0) is 44.9 Å². The van der Waals surface area contributed by atoms with Crippen molar-refractivity contribution < 1.29 is 4.79 Å². The van der Waals surface area contributed by atoms with E-state index in [1.807, 2.05) is 6.92 Å². The van der Waals surface area contributed by atoms with E-state index >= 15 is 0 Å². The highest BCUT2D eigenvalue weighted by atomic mass is 16.2. The first-order valence-electron chi connectivity index (χ1n) is 5.89. The summed E-state index contributed by atoms with van der Waals surface area (Å²) < 4.78 is 0. The van der Waals surface area contributed by atoms with E-state index in [-0.39, 0.29) is 6.03 Å². The minimum Gasteiger partial charge on any atom is -0.351 e. The normalized spacial score (nSPS) is 24.7. The van der Waals surface area contributed by atoms with Crippen LogP contribution in [0.5, 0.6) is 0 Å². The van der Waals surface area contributed by atoms with Gasteiger partial charge in [0.05, 0.1) is 0 Å². The maximum Gasteiger partial charge on any atom is 0.314 e. The standard InChI is InChI=1S/C11H23N3O/c1-9(12)4-5-10-3-2-7-14(8-6-10)11(13)15/h9-10H,2-8,12H2,1H3,(H2,13,15). The van der Waals surface area contributed by atoms with Crippen molar-refractivity contribution in [3.8, 4) is 0 Å². The average Bonchev–Trinajstić information content (AvgIpc) is 2.39. The number of primary amides is 1. The van der Waals surface area contributed by atoms with Gasteiger partial charge in [-0.1, -0.05) is 0 Å². The molecule has 0 spiro atoms. The van der Waals surface area contributed by atoms with Crippen LogP contribution in [-0.2, 0) is 0 Å². The number of nitrogens with two attached hydrogens (primary N) is 2. The number of hydrogen-bond donors (Lipinski definition) is 2. The minimum absolute atomic E-state index is 0.275. The van der Waals surface area contributed by atoms with Crippen molar-refractivity contribution in [1.82, 2.24) is 4.90 Å². The molecular weight excluding hydrogens is 190 g/mol. The fourth-order valence-corrected chi connectivity index (χ4v) is 2.17. The third-order valence-corrected chi connectivity index (χ3v) is 3.19. The number of urea groups is 1. The zero-order valence-corrected chi connectivity index (χ0v) is 9.61. The summed E-state index contributed by atoms with van der Waals surface area (Å²) in [6.07, 6.45) is 5.63. The highest BCUT2D eigenvalue weighted by Crippen LogP contribution is 2.22. The van der Waals surface area contributed by atoms with Crippen molar-refractivity contribution in [1.29, 1.82) is 0 Å². The van der Waals surface area contributed by atoms with Gasteiger partial charge >= 0.3 is 6.03 Å². The van der Waals surface area contributed by atoms with E-state index in [0.29, 0.717) is 6.04 Å². The van der Waals surface area contributed by atoms with Gasteiger partial charge < -0.3 is 16.4 Å². The molecule has 0 aromatic carbocycles. The van der Waals surface area contributed by atoms with Gasteiger partial charge in [-0.25, -0.2) is 4.79 Å². The van der Waals surface area contributed by atoms with Gasteiger partial charge in [0.15, 0.2) is 0 Å². The van der Waals surface area contributed by atoms with Crippen LogP contribution in [-0.4, -0.2) is 30.1 Å². The number of carbonyl (C=O) groups is 1. The molecule has 1 heterocycles. The summed E-state index contributed by atoms with van der Waals surface area (Å²) in [6, 6.07) is 0.0170. The second-order valence-electron chi connectivity index (χ2n) is 4.68. The van der Waals surface area contributed by atoms with Gasteiger partial charge in [-0.15, -0.1) is 0 Å². The summed E-state index contributed by atoms with van der Waals surface area (Å²) in [7, 11) is 0. The molecule has 1 aliphatic rings. The molecule has 2 amide bonds. The Morgan fingerprint density at radius 1 is 1.47 bits per heavy atom. The first kappa shape index (κ1) is 12.3. The Hall–Kier alpha value is -0.770. The van der Waals surface area contributed by atoms with Crippen molar-refractivity contribution in [3.63, 3.8) is 0 Å². The summed E-state index contributed by atoms with van der Waals surface area (Å²) in [5, 5.41) is 0. The number of likely N-dealkylation sites (tertiary alicyclic amines) is 1. The minimum atomic E-state index is -0.275. The molecule has 0 aromatic heterocycles. The molecule has 1 fully saturated rings. The lowest BCUT2D eigenvalue weighted by atomic mass is 9.94. The van der Waals surface area contributed by atoms with Gasteiger partial charge in [-0.3, -0.25) is 0 Å². The number of hydrogen-bond acceptors (Lipinski definition) is 2. The molecule has 1 rings (SSSR count). The number of nitrogens with zero attached hydrogens (tertiary/aromatic N) is 1. The molecule has 0 bridgehead atoms. The summed E-state index contributed by atoms with van der Waals surface area (Å²) >= 11 is 0. The molecule has 88 valence electrons. The Labute approximate surface area is 92.0 Å². The SMILES string of the molecule is CC(N)CCC1CCCN(C(N)=O)CC1. The number of amides is 2. The van der Waals surface area contributed by atoms with E-state index in [1.54, 1.807) is 4.90 Å². The monoisotopic (exact) mass is 213 g/mol. The molecular formula is C11H23N3O. The van der Waals surface area contributed by atoms with E-state index in [0.717, 1.165) is 38.3 Å². The predicted molar refractivity (Wildman–Crippen MR) is 61.4 cm³/mol. The smallest absolute Gasteiger partial charge is 0.314 e. The lowest BCUT2D eigenvalue weighted by Gasteiger charge is -2.18. The maximum absolute atomic E-state index is 11.0. The predicted octanol–water partition coefficient (Wildman–Crippen LogP) is 1.29. The molecule has 0 saturated carbocycles. The van der Waals surface area contributed by atoms with Crippen LogP contribution in [0.2, 0.25) is 0 Å². The molecule has 0 radical (unpaired) electrons. The van der Waals surface area contributed by atoms with Crippen LogP contribution >= 0.6 is 0 Å². The lowest BCUT2D eigenvalue weighted by Crippen LogP contribution is -2.36. The lowest BCUT2D eigenvalue weighted by molar-refractivity contribution is 0.208. The van der Waals surface area contributed by atoms with E-state index in [2.05, 4.69) is 0 Å². The number of rotatable bonds is 3. The Balaban J connectivity index is 2.29. The highest BCUT2D eigenvalue weighted by Gasteiger charge is 2.18. The molecule has 2 atom stereocenters. The average molecular weight is 213 g/mol. The molecule has 2 unspecified atom stereocenters. The van der Waals surface area contributed by atoms with Crippen molar-refractivity contribution in [2.75, 3.05) is 13.1 Å². The van der Waals surface area contributed by atoms with Crippen LogP contribution < -0.4 is 11.5 Å². The third-order valence-electron chi connectivity index (χ3n) is 3.19. The third kappa shape index (κ3) is 4.51. The summed E-state index contributed by atoms with van der Waals surface area (Å²) in [4.78, 5) is 12.8.